The van der Waals surface area contributed by atoms with Gasteiger partial charge in [-0.1, -0.05) is 24.3 Å². The molecule has 9 nitrogen and oxygen atoms in total. The highest BCUT2D eigenvalue weighted by Crippen LogP contribution is 2.42. The normalized spacial score (nSPS) is 18.6. The van der Waals surface area contributed by atoms with Crippen LogP contribution in [0.25, 0.3) is 0 Å². The summed E-state index contributed by atoms with van der Waals surface area (Å²) in [5, 5.41) is 26.7. The highest BCUT2D eigenvalue weighted by molar-refractivity contribution is 6.27. The molecule has 1 unspecified atom stereocenters. The summed E-state index contributed by atoms with van der Waals surface area (Å²) in [4.78, 5) is 33.6. The van der Waals surface area contributed by atoms with Crippen LogP contribution in [0, 0.1) is 17.6 Å². The lowest BCUT2D eigenvalue weighted by atomic mass is 9.72. The van der Waals surface area contributed by atoms with E-state index < -0.39 is 17.5 Å². The minimum Gasteiger partial charge on any atom is -0.473 e. The average Bonchev–Trinajstić information content (AvgIpc) is 3.20. The van der Waals surface area contributed by atoms with Gasteiger partial charge in [0.05, 0.1) is 6.54 Å². The van der Waals surface area contributed by atoms with Crippen molar-refractivity contribution in [1.82, 2.24) is 9.80 Å². The molecule has 0 saturated carbocycles. The lowest BCUT2D eigenvalue weighted by molar-refractivity contribution is -0.159. The van der Waals surface area contributed by atoms with Gasteiger partial charge in [0, 0.05) is 13.6 Å². The molecular weight excluding hydrogens is 490 g/mol. The number of likely N-dealkylation sites (N-methyl/N-ethyl adjacent to an activating group) is 1. The molecule has 2 aromatic carbocycles. The zero-order chi connectivity index (χ0) is 27.2. The molecule has 3 N–H and O–H groups in total. The first kappa shape index (κ1) is 28.0. The summed E-state index contributed by atoms with van der Waals surface area (Å²) < 4.78 is 32.4. The van der Waals surface area contributed by atoms with E-state index in [1.54, 1.807) is 36.2 Å². The van der Waals surface area contributed by atoms with Crippen LogP contribution in [0.3, 0.4) is 0 Å². The van der Waals surface area contributed by atoms with Gasteiger partial charge in [0.15, 0.2) is 0 Å². The molecular formula is C26H30F2N2O7. The molecule has 0 radical (unpaired) electrons. The Morgan fingerprint density at radius 2 is 1.41 bits per heavy atom. The number of halogens is 2. The summed E-state index contributed by atoms with van der Waals surface area (Å²) in [6.45, 7) is 3.03. The van der Waals surface area contributed by atoms with Crippen LogP contribution in [-0.4, -0.2) is 82.5 Å². The molecule has 0 bridgehead atoms. The van der Waals surface area contributed by atoms with Gasteiger partial charge in [0.2, 0.25) is 0 Å². The van der Waals surface area contributed by atoms with Gasteiger partial charge >= 0.3 is 18.0 Å². The van der Waals surface area contributed by atoms with Gasteiger partial charge in [-0.25, -0.2) is 23.2 Å². The van der Waals surface area contributed by atoms with Gasteiger partial charge in [-0.3, -0.25) is 0 Å². The lowest BCUT2D eigenvalue weighted by Gasteiger charge is -2.42. The standard InChI is InChI=1S/C24H28F2N2O3.C2H2O4/c1-27-16-22(31-23(27)29)12-15-28-13-10-19(11-14-28)24(30,17-2-6-20(25)7-3-17)18-4-8-21(26)9-5-18;3-1(4)2(5)6/h2-9,19,22,30H,10-16H2,1H3;(H,3,4)(H,5,6). The quantitative estimate of drug-likeness (QED) is 0.496. The second-order valence-corrected chi connectivity index (χ2v) is 9.18. The predicted molar refractivity (Wildman–Crippen MR) is 128 cm³/mol. The zero-order valence-electron chi connectivity index (χ0n) is 20.3. The fraction of sp³-hybridized carbons (Fsp3) is 0.423. The topological polar surface area (TPSA) is 128 Å². The van der Waals surface area contributed by atoms with Crippen LogP contribution >= 0.6 is 0 Å². The highest BCUT2D eigenvalue weighted by atomic mass is 19.1. The molecule has 37 heavy (non-hydrogen) atoms. The summed E-state index contributed by atoms with van der Waals surface area (Å²) in [5.41, 5.74) is -0.100. The number of benzene rings is 2. The van der Waals surface area contributed by atoms with Crippen molar-refractivity contribution in [3.8, 4) is 0 Å². The largest absolute Gasteiger partial charge is 0.473 e. The van der Waals surface area contributed by atoms with Crippen LogP contribution in [0.2, 0.25) is 0 Å². The number of aliphatic hydroxyl groups is 1. The van der Waals surface area contributed by atoms with Crippen molar-refractivity contribution >= 4 is 18.0 Å². The Bertz CT molecular complexity index is 1030. The lowest BCUT2D eigenvalue weighted by Crippen LogP contribution is -2.44. The minimum absolute atomic E-state index is 0.0782. The van der Waals surface area contributed by atoms with Crippen molar-refractivity contribution in [2.24, 2.45) is 5.92 Å². The Balaban J connectivity index is 0.000000568. The van der Waals surface area contributed by atoms with E-state index in [0.29, 0.717) is 17.7 Å². The highest BCUT2D eigenvalue weighted by Gasteiger charge is 2.42. The molecule has 2 aliphatic rings. The molecule has 0 spiro atoms. The molecule has 11 heteroatoms. The Labute approximate surface area is 212 Å². The van der Waals surface area contributed by atoms with E-state index in [4.69, 9.17) is 24.5 Å². The molecule has 2 heterocycles. The van der Waals surface area contributed by atoms with Crippen LogP contribution in [-0.2, 0) is 19.9 Å². The Morgan fingerprint density at radius 1 is 0.946 bits per heavy atom. The molecule has 200 valence electrons. The number of cyclic esters (lactones) is 1. The third-order valence-corrected chi connectivity index (χ3v) is 6.75. The number of hydrogen-bond acceptors (Lipinski definition) is 6. The van der Waals surface area contributed by atoms with Crippen molar-refractivity contribution in [1.29, 1.82) is 0 Å². The first-order valence-electron chi connectivity index (χ1n) is 11.9. The number of carboxylic acid groups (broad SMARTS) is 2. The summed E-state index contributed by atoms with van der Waals surface area (Å²) in [6.07, 6.45) is 1.92. The molecule has 2 fully saturated rings. The maximum Gasteiger partial charge on any atom is 0.414 e. The second kappa shape index (κ2) is 12.1. The van der Waals surface area contributed by atoms with E-state index in [-0.39, 0.29) is 29.7 Å². The van der Waals surface area contributed by atoms with Crippen LogP contribution in [0.4, 0.5) is 13.6 Å². The van der Waals surface area contributed by atoms with Crippen LogP contribution in [0.1, 0.15) is 30.4 Å². The van der Waals surface area contributed by atoms with Crippen molar-refractivity contribution in [3.05, 3.63) is 71.3 Å². The fourth-order valence-corrected chi connectivity index (χ4v) is 4.75. The Hall–Kier alpha value is -3.57. The fourth-order valence-electron chi connectivity index (χ4n) is 4.75. The number of carboxylic acids is 2. The van der Waals surface area contributed by atoms with Gasteiger partial charge in [-0.2, -0.15) is 0 Å². The molecule has 2 aromatic rings. The first-order chi connectivity index (χ1) is 17.5. The van der Waals surface area contributed by atoms with Crippen molar-refractivity contribution in [3.63, 3.8) is 0 Å². The van der Waals surface area contributed by atoms with E-state index in [1.165, 1.54) is 24.3 Å². The van der Waals surface area contributed by atoms with E-state index in [9.17, 15) is 18.7 Å². The van der Waals surface area contributed by atoms with E-state index in [0.717, 1.165) is 38.9 Å². The second-order valence-electron chi connectivity index (χ2n) is 9.18. The van der Waals surface area contributed by atoms with Crippen LogP contribution in [0.15, 0.2) is 48.5 Å². The third-order valence-electron chi connectivity index (χ3n) is 6.75. The van der Waals surface area contributed by atoms with Crippen molar-refractivity contribution in [2.75, 3.05) is 33.2 Å². The molecule has 0 aromatic heterocycles. The van der Waals surface area contributed by atoms with Crippen LogP contribution < -0.4 is 0 Å². The van der Waals surface area contributed by atoms with Gasteiger partial charge in [0.25, 0.3) is 0 Å². The maximum absolute atomic E-state index is 13.5. The monoisotopic (exact) mass is 520 g/mol. The molecule has 1 amide bonds. The molecule has 2 aliphatic heterocycles. The van der Waals surface area contributed by atoms with E-state index >= 15 is 0 Å². The molecule has 0 aliphatic carbocycles. The van der Waals surface area contributed by atoms with Crippen LogP contribution in [0.5, 0.6) is 0 Å². The Morgan fingerprint density at radius 3 is 1.78 bits per heavy atom. The van der Waals surface area contributed by atoms with Crippen molar-refractivity contribution in [2.45, 2.75) is 31.0 Å². The summed E-state index contributed by atoms with van der Waals surface area (Å²) >= 11 is 0. The number of ether oxygens (including phenoxy) is 1. The Kier molecular flexibility index (Phi) is 9.17. The number of likely N-dealkylation sites (tertiary alicyclic amines) is 1. The number of rotatable bonds is 6. The summed E-state index contributed by atoms with van der Waals surface area (Å²) in [6, 6.07) is 11.8. The maximum atomic E-state index is 13.5. The number of hydrogen-bond donors (Lipinski definition) is 3. The smallest absolute Gasteiger partial charge is 0.414 e. The number of carbonyl (C=O) groups excluding carboxylic acids is 1. The summed E-state index contributed by atoms with van der Waals surface area (Å²) in [7, 11) is 1.74. The van der Waals surface area contributed by atoms with Crippen molar-refractivity contribution < 1.29 is 43.2 Å². The number of piperidine rings is 1. The number of carbonyl (C=O) groups is 3. The van der Waals surface area contributed by atoms with Gasteiger partial charge < -0.3 is 29.9 Å². The average molecular weight is 521 g/mol. The molecule has 1 atom stereocenters. The van der Waals surface area contributed by atoms with Gasteiger partial charge in [0.1, 0.15) is 23.3 Å². The molecule has 4 rings (SSSR count). The molecule has 2 saturated heterocycles. The van der Waals surface area contributed by atoms with E-state index in [1.807, 2.05) is 0 Å². The number of nitrogens with zero attached hydrogens (tertiary/aromatic N) is 2. The number of amides is 1. The number of aliphatic carboxylic acids is 2. The SMILES string of the molecule is CN1CC(CCN2CCC(C(O)(c3ccc(F)cc3)c3ccc(F)cc3)CC2)OC1=O.O=C(O)C(=O)O. The summed E-state index contributed by atoms with van der Waals surface area (Å²) in [5.74, 6) is -4.46. The predicted octanol–water partition coefficient (Wildman–Crippen LogP) is 2.91. The van der Waals surface area contributed by atoms with E-state index in [2.05, 4.69) is 4.90 Å². The third kappa shape index (κ3) is 7.01. The minimum atomic E-state index is -1.82. The van der Waals surface area contributed by atoms with Gasteiger partial charge in [-0.15, -0.1) is 0 Å². The van der Waals surface area contributed by atoms with Gasteiger partial charge in [-0.05, 0) is 73.7 Å². The zero-order valence-corrected chi connectivity index (χ0v) is 20.3. The first-order valence-corrected chi connectivity index (χ1v) is 11.9.